The summed E-state index contributed by atoms with van der Waals surface area (Å²) in [5.41, 5.74) is -0.523. The summed E-state index contributed by atoms with van der Waals surface area (Å²) in [5.74, 6) is -0.0357. The van der Waals surface area contributed by atoms with E-state index in [0.717, 1.165) is 12.2 Å². The summed E-state index contributed by atoms with van der Waals surface area (Å²) in [6.45, 7) is 7.35. The molecule has 2 N–H and O–H groups in total. The van der Waals surface area contributed by atoms with Crippen molar-refractivity contribution in [2.75, 3.05) is 19.1 Å². The second-order valence-electron chi connectivity index (χ2n) is 5.83. The van der Waals surface area contributed by atoms with Gasteiger partial charge in [0.05, 0.1) is 0 Å². The van der Waals surface area contributed by atoms with Crippen LogP contribution in [0, 0.1) is 5.41 Å². The van der Waals surface area contributed by atoms with Gasteiger partial charge in [-0.25, -0.2) is 9.59 Å². The number of nitrogens with one attached hydrogen (secondary N) is 1. The molecule has 0 saturated carbocycles. The molecule has 19 heavy (non-hydrogen) atoms. The Morgan fingerprint density at radius 3 is 2.26 bits per heavy atom. The van der Waals surface area contributed by atoms with Crippen molar-refractivity contribution in [1.29, 1.82) is 0 Å². The van der Waals surface area contributed by atoms with Crippen molar-refractivity contribution in [3.63, 3.8) is 0 Å². The number of hydrogen-bond acceptors (Lipinski definition) is 3. The first-order chi connectivity index (χ1) is 8.61. The smallest absolute Gasteiger partial charge is 0.326 e. The molecule has 0 rings (SSSR count). The molecule has 0 fully saturated rings. The topological polar surface area (TPSA) is 69.6 Å². The van der Waals surface area contributed by atoms with E-state index in [-0.39, 0.29) is 12.1 Å². The number of amides is 2. The average molecular weight is 290 g/mol. The second-order valence-corrected chi connectivity index (χ2v) is 6.81. The molecule has 0 aromatic heterocycles. The molecule has 112 valence electrons. The Morgan fingerprint density at radius 2 is 1.89 bits per heavy atom. The number of carboxylic acid groups (broad SMARTS) is 1. The van der Waals surface area contributed by atoms with Crippen LogP contribution in [0.2, 0.25) is 0 Å². The van der Waals surface area contributed by atoms with Gasteiger partial charge < -0.3 is 15.3 Å². The predicted octanol–water partition coefficient (Wildman–Crippen LogP) is 2.27. The summed E-state index contributed by atoms with van der Waals surface area (Å²) in [6, 6.07) is -1.15. The molecule has 0 radical (unpaired) electrons. The Morgan fingerprint density at radius 1 is 1.37 bits per heavy atom. The van der Waals surface area contributed by atoms with Crippen LogP contribution in [-0.4, -0.2) is 53.1 Å². The quantitative estimate of drug-likeness (QED) is 0.787. The first kappa shape index (κ1) is 18.1. The number of carbonyl (C=O) groups excluding carboxylic acids is 1. The van der Waals surface area contributed by atoms with Crippen LogP contribution in [-0.2, 0) is 4.79 Å². The van der Waals surface area contributed by atoms with Crippen LogP contribution in [0.1, 0.15) is 34.1 Å². The fraction of sp³-hybridized carbons (Fsp3) is 0.846. The highest BCUT2D eigenvalue weighted by molar-refractivity contribution is 7.98. The molecule has 5 nitrogen and oxygen atoms in total. The summed E-state index contributed by atoms with van der Waals surface area (Å²) in [5, 5.41) is 11.8. The van der Waals surface area contributed by atoms with Crippen molar-refractivity contribution in [2.24, 2.45) is 5.41 Å². The van der Waals surface area contributed by atoms with Gasteiger partial charge in [-0.2, -0.15) is 11.8 Å². The van der Waals surface area contributed by atoms with Crippen LogP contribution in [0.4, 0.5) is 4.79 Å². The first-order valence-electron chi connectivity index (χ1n) is 6.36. The molecule has 0 saturated heterocycles. The monoisotopic (exact) mass is 290 g/mol. The molecule has 2 amide bonds. The Balaban J connectivity index is 4.61. The van der Waals surface area contributed by atoms with Crippen LogP contribution < -0.4 is 5.32 Å². The number of nitrogens with zero attached hydrogens (tertiary/aromatic N) is 1. The number of carbonyl (C=O) groups is 2. The van der Waals surface area contributed by atoms with Crippen LogP contribution >= 0.6 is 11.8 Å². The summed E-state index contributed by atoms with van der Waals surface area (Å²) in [4.78, 5) is 24.8. The van der Waals surface area contributed by atoms with E-state index in [2.05, 4.69) is 5.32 Å². The zero-order chi connectivity index (χ0) is 15.2. The molecule has 0 aliphatic carbocycles. The number of aliphatic carboxylic acids is 1. The lowest BCUT2D eigenvalue weighted by Crippen LogP contribution is -2.54. The lowest BCUT2D eigenvalue weighted by atomic mass is 9.87. The number of carboxylic acids is 1. The summed E-state index contributed by atoms with van der Waals surface area (Å²) in [7, 11) is 1.70. The first-order valence-corrected chi connectivity index (χ1v) is 7.75. The third-order valence-electron chi connectivity index (χ3n) is 3.10. The molecule has 0 aliphatic rings. The minimum atomic E-state index is -1.01. The van der Waals surface area contributed by atoms with Gasteiger partial charge in [0, 0.05) is 13.1 Å². The average Bonchev–Trinajstić information content (AvgIpc) is 2.29. The predicted molar refractivity (Wildman–Crippen MR) is 79.6 cm³/mol. The lowest BCUT2D eigenvalue weighted by Gasteiger charge is -2.31. The maximum Gasteiger partial charge on any atom is 0.326 e. The molecule has 0 heterocycles. The van der Waals surface area contributed by atoms with E-state index in [1.807, 2.05) is 13.2 Å². The van der Waals surface area contributed by atoms with E-state index in [9.17, 15) is 14.7 Å². The van der Waals surface area contributed by atoms with Crippen molar-refractivity contribution in [1.82, 2.24) is 10.2 Å². The van der Waals surface area contributed by atoms with Crippen molar-refractivity contribution < 1.29 is 14.7 Å². The summed E-state index contributed by atoms with van der Waals surface area (Å²) >= 11 is 1.73. The normalized spacial score (nSPS) is 14.6. The summed E-state index contributed by atoms with van der Waals surface area (Å²) < 4.78 is 0. The van der Waals surface area contributed by atoms with Crippen LogP contribution in [0.3, 0.4) is 0 Å². The molecule has 0 spiro atoms. The lowest BCUT2D eigenvalue weighted by molar-refractivity contribution is -0.142. The standard InChI is InChI=1S/C13H26N2O3S/c1-9(7-8-19-6)15(5)12(18)14-10(11(16)17)13(2,3)4/h9-10H,7-8H2,1-6H3,(H,14,18)(H,16,17). The Hall–Kier alpha value is -0.910. The Kier molecular flexibility index (Phi) is 7.26. The van der Waals surface area contributed by atoms with Crippen molar-refractivity contribution in [2.45, 2.75) is 46.2 Å². The van der Waals surface area contributed by atoms with Gasteiger partial charge in [-0.15, -0.1) is 0 Å². The van der Waals surface area contributed by atoms with Crippen molar-refractivity contribution >= 4 is 23.8 Å². The zero-order valence-electron chi connectivity index (χ0n) is 12.7. The SMILES string of the molecule is CSCCC(C)N(C)C(=O)NC(C(=O)O)C(C)(C)C. The van der Waals surface area contributed by atoms with Crippen LogP contribution in [0.15, 0.2) is 0 Å². The zero-order valence-corrected chi connectivity index (χ0v) is 13.5. The van der Waals surface area contributed by atoms with E-state index in [1.165, 1.54) is 0 Å². The van der Waals surface area contributed by atoms with Gasteiger partial charge in [0.25, 0.3) is 0 Å². The molecular formula is C13H26N2O3S. The van der Waals surface area contributed by atoms with E-state index in [1.54, 1.807) is 44.5 Å². The molecule has 2 atom stereocenters. The third kappa shape index (κ3) is 6.18. The second kappa shape index (κ2) is 7.62. The maximum absolute atomic E-state index is 12.1. The molecule has 0 aliphatic heterocycles. The largest absolute Gasteiger partial charge is 0.480 e. The van der Waals surface area contributed by atoms with Crippen LogP contribution in [0.25, 0.3) is 0 Å². The van der Waals surface area contributed by atoms with Gasteiger partial charge in [0.1, 0.15) is 6.04 Å². The van der Waals surface area contributed by atoms with E-state index >= 15 is 0 Å². The highest BCUT2D eigenvalue weighted by Gasteiger charge is 2.33. The van der Waals surface area contributed by atoms with E-state index in [0.29, 0.717) is 0 Å². The van der Waals surface area contributed by atoms with E-state index in [4.69, 9.17) is 0 Å². The number of urea groups is 1. The van der Waals surface area contributed by atoms with Gasteiger partial charge in [-0.05, 0) is 30.8 Å². The molecule has 2 unspecified atom stereocenters. The minimum absolute atomic E-state index is 0.0851. The molecule has 0 bridgehead atoms. The van der Waals surface area contributed by atoms with E-state index < -0.39 is 17.4 Å². The summed E-state index contributed by atoms with van der Waals surface area (Å²) in [6.07, 6.45) is 2.91. The highest BCUT2D eigenvalue weighted by Crippen LogP contribution is 2.20. The van der Waals surface area contributed by atoms with Gasteiger partial charge in [-0.3, -0.25) is 0 Å². The van der Waals surface area contributed by atoms with Crippen molar-refractivity contribution in [3.8, 4) is 0 Å². The fourth-order valence-electron chi connectivity index (χ4n) is 1.56. The molecule has 0 aromatic rings. The fourth-order valence-corrected chi connectivity index (χ4v) is 2.13. The third-order valence-corrected chi connectivity index (χ3v) is 3.75. The maximum atomic E-state index is 12.1. The van der Waals surface area contributed by atoms with Gasteiger partial charge in [0.2, 0.25) is 0 Å². The van der Waals surface area contributed by atoms with Gasteiger partial charge in [0.15, 0.2) is 0 Å². The number of thioether (sulfide) groups is 1. The van der Waals surface area contributed by atoms with Gasteiger partial charge >= 0.3 is 12.0 Å². The van der Waals surface area contributed by atoms with Crippen LogP contribution in [0.5, 0.6) is 0 Å². The Labute approximate surface area is 120 Å². The molecule has 0 aromatic carbocycles. The Bertz CT molecular complexity index is 316. The number of rotatable bonds is 6. The minimum Gasteiger partial charge on any atom is -0.480 e. The molecular weight excluding hydrogens is 264 g/mol. The molecule has 6 heteroatoms. The number of hydrogen-bond donors (Lipinski definition) is 2. The highest BCUT2D eigenvalue weighted by atomic mass is 32.2. The van der Waals surface area contributed by atoms with Gasteiger partial charge in [-0.1, -0.05) is 20.8 Å². The van der Waals surface area contributed by atoms with Crippen molar-refractivity contribution in [3.05, 3.63) is 0 Å².